The molecule has 1 heterocycles. The van der Waals surface area contributed by atoms with E-state index in [1.165, 1.54) is 6.07 Å². The molecule has 0 aliphatic heterocycles. The van der Waals surface area contributed by atoms with Crippen molar-refractivity contribution in [2.45, 2.75) is 27.3 Å². The van der Waals surface area contributed by atoms with Gasteiger partial charge in [-0.15, -0.1) is 0 Å². The monoisotopic (exact) mass is 289 g/mol. The molecule has 112 valence electrons. The lowest BCUT2D eigenvalue weighted by atomic mass is 10.2. The number of rotatable bonds is 6. The molecule has 0 spiro atoms. The summed E-state index contributed by atoms with van der Waals surface area (Å²) in [6, 6.07) is 8.40. The number of benzene rings is 1. The fraction of sp³-hybridized carbons (Fsp3) is 0.375. The fourth-order valence-electron chi connectivity index (χ4n) is 1.78. The summed E-state index contributed by atoms with van der Waals surface area (Å²) in [5, 5.41) is 3.10. The van der Waals surface area contributed by atoms with Gasteiger partial charge in [0.2, 0.25) is 5.88 Å². The van der Waals surface area contributed by atoms with Gasteiger partial charge < -0.3 is 10.1 Å². The molecule has 0 saturated heterocycles. The number of anilines is 1. The van der Waals surface area contributed by atoms with Crippen molar-refractivity contribution in [2.24, 2.45) is 5.92 Å². The van der Waals surface area contributed by atoms with E-state index in [4.69, 9.17) is 4.74 Å². The molecule has 0 aliphatic rings. The molecular weight excluding hydrogens is 269 g/mol. The van der Waals surface area contributed by atoms with E-state index in [0.717, 1.165) is 0 Å². The molecule has 2 rings (SSSR count). The zero-order chi connectivity index (χ0) is 15.2. The van der Waals surface area contributed by atoms with Crippen molar-refractivity contribution in [1.82, 2.24) is 9.97 Å². The highest BCUT2D eigenvalue weighted by Crippen LogP contribution is 2.16. The molecule has 4 nitrogen and oxygen atoms in total. The Hall–Kier alpha value is -2.17. The van der Waals surface area contributed by atoms with Crippen molar-refractivity contribution in [3.05, 3.63) is 47.5 Å². The van der Waals surface area contributed by atoms with Crippen molar-refractivity contribution in [2.75, 3.05) is 11.9 Å². The normalized spacial score (nSPS) is 10.7. The average Bonchev–Trinajstić information content (AvgIpc) is 2.44. The summed E-state index contributed by atoms with van der Waals surface area (Å²) in [6.45, 7) is 6.92. The number of halogens is 1. The minimum absolute atomic E-state index is 0.230. The summed E-state index contributed by atoms with van der Waals surface area (Å²) in [7, 11) is 0. The van der Waals surface area contributed by atoms with Crippen molar-refractivity contribution in [1.29, 1.82) is 0 Å². The van der Waals surface area contributed by atoms with E-state index in [0.29, 0.717) is 42.2 Å². The maximum atomic E-state index is 13.6. The molecule has 1 N–H and O–H groups in total. The smallest absolute Gasteiger partial charge is 0.218 e. The second kappa shape index (κ2) is 7.02. The minimum Gasteiger partial charge on any atom is -0.477 e. The van der Waals surface area contributed by atoms with Gasteiger partial charge in [-0.2, -0.15) is 4.98 Å². The van der Waals surface area contributed by atoms with Crippen LogP contribution in [-0.4, -0.2) is 16.6 Å². The summed E-state index contributed by atoms with van der Waals surface area (Å²) in [5.74, 6) is 1.98. The third-order valence-corrected chi connectivity index (χ3v) is 2.80. The van der Waals surface area contributed by atoms with Crippen molar-refractivity contribution in [3.8, 4) is 5.88 Å². The number of hydrogen-bond acceptors (Lipinski definition) is 4. The lowest BCUT2D eigenvalue weighted by Crippen LogP contribution is -2.09. The third kappa shape index (κ3) is 4.70. The Kier molecular flexibility index (Phi) is 5.09. The van der Waals surface area contributed by atoms with Gasteiger partial charge in [-0.3, -0.25) is 0 Å². The topological polar surface area (TPSA) is 47.0 Å². The van der Waals surface area contributed by atoms with E-state index in [9.17, 15) is 4.39 Å². The highest BCUT2D eigenvalue weighted by atomic mass is 19.1. The van der Waals surface area contributed by atoms with Crippen LogP contribution in [0.5, 0.6) is 5.88 Å². The summed E-state index contributed by atoms with van der Waals surface area (Å²) < 4.78 is 19.2. The molecule has 0 saturated carbocycles. The van der Waals surface area contributed by atoms with E-state index in [1.54, 1.807) is 25.1 Å². The summed E-state index contributed by atoms with van der Waals surface area (Å²) in [4.78, 5) is 8.51. The molecule has 1 aromatic heterocycles. The Morgan fingerprint density at radius 2 is 2.00 bits per heavy atom. The Morgan fingerprint density at radius 3 is 2.71 bits per heavy atom. The first-order valence-corrected chi connectivity index (χ1v) is 7.00. The first-order valence-electron chi connectivity index (χ1n) is 7.00. The molecule has 5 heteroatoms. The number of nitrogens with zero attached hydrogens (tertiary/aromatic N) is 2. The second-order valence-electron chi connectivity index (χ2n) is 5.29. The molecule has 0 unspecified atom stereocenters. The largest absolute Gasteiger partial charge is 0.477 e. The highest BCUT2D eigenvalue weighted by Gasteiger charge is 2.05. The van der Waals surface area contributed by atoms with E-state index < -0.39 is 0 Å². The quantitative estimate of drug-likeness (QED) is 0.883. The van der Waals surface area contributed by atoms with E-state index in [2.05, 4.69) is 29.1 Å². The van der Waals surface area contributed by atoms with Crippen LogP contribution in [0.25, 0.3) is 0 Å². The summed E-state index contributed by atoms with van der Waals surface area (Å²) in [5.41, 5.74) is 0.596. The maximum absolute atomic E-state index is 13.6. The number of aryl methyl sites for hydroxylation is 1. The van der Waals surface area contributed by atoms with Gasteiger partial charge in [0, 0.05) is 18.2 Å². The molecular formula is C16H20FN3O. The average molecular weight is 289 g/mol. The van der Waals surface area contributed by atoms with Crippen LogP contribution in [0, 0.1) is 18.7 Å². The van der Waals surface area contributed by atoms with Gasteiger partial charge in [-0.1, -0.05) is 32.0 Å². The second-order valence-corrected chi connectivity index (χ2v) is 5.29. The number of aromatic nitrogens is 2. The van der Waals surface area contributed by atoms with Gasteiger partial charge >= 0.3 is 0 Å². The highest BCUT2D eigenvalue weighted by molar-refractivity contribution is 5.39. The molecule has 0 atom stereocenters. The number of nitrogens with one attached hydrogen (secondary N) is 1. The molecule has 1 aromatic carbocycles. The van der Waals surface area contributed by atoms with Gasteiger partial charge in [-0.05, 0) is 18.9 Å². The van der Waals surface area contributed by atoms with E-state index in [1.807, 2.05) is 6.07 Å². The zero-order valence-corrected chi connectivity index (χ0v) is 12.6. The Labute approximate surface area is 124 Å². The van der Waals surface area contributed by atoms with Crippen LogP contribution in [0.1, 0.15) is 25.2 Å². The molecule has 0 aliphatic carbocycles. The van der Waals surface area contributed by atoms with Crippen LogP contribution in [0.4, 0.5) is 10.2 Å². The SMILES string of the molecule is Cc1nc(NCc2ccccc2F)cc(OCC(C)C)n1. The van der Waals surface area contributed by atoms with E-state index >= 15 is 0 Å². The predicted octanol–water partition coefficient (Wildman–Crippen LogP) is 3.57. The lowest BCUT2D eigenvalue weighted by molar-refractivity contribution is 0.260. The van der Waals surface area contributed by atoms with Crippen LogP contribution in [0.3, 0.4) is 0 Å². The first-order chi connectivity index (χ1) is 10.0. The Bertz CT molecular complexity index is 602. The molecule has 0 bridgehead atoms. The van der Waals surface area contributed by atoms with Gasteiger partial charge in [0.1, 0.15) is 17.5 Å². The van der Waals surface area contributed by atoms with E-state index in [-0.39, 0.29) is 5.82 Å². The maximum Gasteiger partial charge on any atom is 0.218 e. The Morgan fingerprint density at radius 1 is 1.24 bits per heavy atom. The van der Waals surface area contributed by atoms with Crippen LogP contribution < -0.4 is 10.1 Å². The van der Waals surface area contributed by atoms with Crippen molar-refractivity contribution >= 4 is 5.82 Å². The lowest BCUT2D eigenvalue weighted by Gasteiger charge is -2.11. The molecule has 0 fully saturated rings. The fourth-order valence-corrected chi connectivity index (χ4v) is 1.78. The zero-order valence-electron chi connectivity index (χ0n) is 12.6. The molecule has 21 heavy (non-hydrogen) atoms. The van der Waals surface area contributed by atoms with Crippen molar-refractivity contribution in [3.63, 3.8) is 0 Å². The summed E-state index contributed by atoms with van der Waals surface area (Å²) >= 11 is 0. The van der Waals surface area contributed by atoms with Crippen molar-refractivity contribution < 1.29 is 9.13 Å². The van der Waals surface area contributed by atoms with Crippen LogP contribution >= 0.6 is 0 Å². The first kappa shape index (κ1) is 15.2. The standard InChI is InChI=1S/C16H20FN3O/c1-11(2)10-21-16-8-15(19-12(3)20-16)18-9-13-6-4-5-7-14(13)17/h4-8,11H,9-10H2,1-3H3,(H,18,19,20). The molecule has 0 radical (unpaired) electrons. The third-order valence-electron chi connectivity index (χ3n) is 2.80. The molecule has 2 aromatic rings. The number of hydrogen-bond donors (Lipinski definition) is 1. The predicted molar refractivity (Wildman–Crippen MR) is 80.8 cm³/mol. The van der Waals surface area contributed by atoms with Gasteiger partial charge in [0.25, 0.3) is 0 Å². The molecule has 0 amide bonds. The minimum atomic E-state index is -0.230. The van der Waals surface area contributed by atoms with Crippen LogP contribution in [-0.2, 0) is 6.54 Å². The van der Waals surface area contributed by atoms with Gasteiger partial charge in [0.15, 0.2) is 0 Å². The number of ether oxygens (including phenoxy) is 1. The summed E-state index contributed by atoms with van der Waals surface area (Å²) in [6.07, 6.45) is 0. The van der Waals surface area contributed by atoms with Crippen LogP contribution in [0.15, 0.2) is 30.3 Å². The van der Waals surface area contributed by atoms with Gasteiger partial charge in [0.05, 0.1) is 6.61 Å². The Balaban J connectivity index is 2.04. The van der Waals surface area contributed by atoms with Crippen LogP contribution in [0.2, 0.25) is 0 Å². The van der Waals surface area contributed by atoms with Gasteiger partial charge in [-0.25, -0.2) is 9.37 Å².